The van der Waals surface area contributed by atoms with Gasteiger partial charge in [0.25, 0.3) is 17.5 Å². The summed E-state index contributed by atoms with van der Waals surface area (Å²) in [6.45, 7) is 0. The van der Waals surface area contributed by atoms with Gasteiger partial charge < -0.3 is 10.1 Å². The van der Waals surface area contributed by atoms with Crippen LogP contribution in [0.25, 0.3) is 0 Å². The fourth-order valence-electron chi connectivity index (χ4n) is 3.04. The van der Waals surface area contributed by atoms with E-state index in [0.29, 0.717) is 25.7 Å². The minimum absolute atomic E-state index is 0.0764. The average molecular weight is 402 g/mol. The van der Waals surface area contributed by atoms with Gasteiger partial charge in [0.1, 0.15) is 12.2 Å². The lowest BCUT2D eigenvalue weighted by Crippen LogP contribution is -2.39. The van der Waals surface area contributed by atoms with Gasteiger partial charge in [-0.3, -0.25) is 14.9 Å². The number of carbonyl (C=O) groups excluding carboxylic acids is 1. The number of nitrogens with zero attached hydrogens (tertiary/aromatic N) is 4. The third-order valence-electron chi connectivity index (χ3n) is 4.46. The Bertz CT molecular complexity index is 938. The Kier molecular flexibility index (Phi) is 6.01. The Balaban J connectivity index is 1.57. The van der Waals surface area contributed by atoms with Crippen molar-refractivity contribution in [3.63, 3.8) is 0 Å². The van der Waals surface area contributed by atoms with Crippen LogP contribution in [0.15, 0.2) is 30.6 Å². The Hall–Kier alpha value is -3.25. The van der Waals surface area contributed by atoms with Gasteiger partial charge in [-0.15, -0.1) is 0 Å². The molecule has 1 aliphatic carbocycles. The normalized spacial score (nSPS) is 18.7. The summed E-state index contributed by atoms with van der Waals surface area (Å²) in [6, 6.07) is 5.61. The molecule has 1 heterocycles. The Labute approximate surface area is 165 Å². The molecule has 0 aliphatic heterocycles. The number of non-ortho nitro benzene ring substituents is 1. The number of carbonyl (C=O) groups is 1. The number of halogens is 1. The lowest BCUT2D eigenvalue weighted by Gasteiger charge is -2.29. The van der Waals surface area contributed by atoms with Gasteiger partial charge in [-0.2, -0.15) is 5.26 Å². The second-order valence-electron chi connectivity index (χ2n) is 6.31. The molecule has 1 aromatic heterocycles. The van der Waals surface area contributed by atoms with E-state index in [1.807, 2.05) is 6.07 Å². The minimum Gasteiger partial charge on any atom is -0.472 e. The van der Waals surface area contributed by atoms with Gasteiger partial charge in [0, 0.05) is 30.6 Å². The number of nitriles is 1. The molecule has 0 bridgehead atoms. The Morgan fingerprint density at radius 1 is 1.29 bits per heavy atom. The zero-order valence-corrected chi connectivity index (χ0v) is 15.4. The molecule has 1 N–H and O–H groups in total. The zero-order chi connectivity index (χ0) is 20.1. The van der Waals surface area contributed by atoms with E-state index in [1.165, 1.54) is 30.6 Å². The summed E-state index contributed by atoms with van der Waals surface area (Å²) >= 11 is 6.01. The fourth-order valence-corrected chi connectivity index (χ4v) is 3.24. The first-order valence-electron chi connectivity index (χ1n) is 8.60. The maximum Gasteiger partial charge on any atom is 0.270 e. The number of rotatable bonds is 5. The largest absolute Gasteiger partial charge is 0.472 e. The maximum absolute atomic E-state index is 12.5. The number of ether oxygens (including phenoxy) is 1. The standard InChI is InChI=1S/C18H16ClN5O4/c19-15-6-3-12(24(26)27)9-14(15)17(25)23-11-1-4-13(5-2-11)28-18-16(10-20)21-7-8-22-18/h3,6-9,11,13H,1-2,4-5H2,(H,23,25). The van der Waals surface area contributed by atoms with E-state index in [1.54, 1.807) is 0 Å². The molecule has 0 unspecified atom stereocenters. The van der Waals surface area contributed by atoms with Crippen molar-refractivity contribution in [3.8, 4) is 11.9 Å². The van der Waals surface area contributed by atoms with E-state index >= 15 is 0 Å². The molecule has 0 saturated heterocycles. The second kappa shape index (κ2) is 8.63. The number of amides is 1. The number of aromatic nitrogens is 2. The molecule has 1 fully saturated rings. The molecule has 10 heteroatoms. The first-order valence-corrected chi connectivity index (χ1v) is 8.98. The van der Waals surface area contributed by atoms with Crippen LogP contribution in [0.4, 0.5) is 5.69 Å². The number of nitrogens with one attached hydrogen (secondary N) is 1. The van der Waals surface area contributed by atoms with Crippen LogP contribution in [0, 0.1) is 21.4 Å². The number of hydrogen-bond acceptors (Lipinski definition) is 7. The predicted octanol–water partition coefficient (Wildman–Crippen LogP) is 3.03. The van der Waals surface area contributed by atoms with E-state index in [2.05, 4.69) is 15.3 Å². The summed E-state index contributed by atoms with van der Waals surface area (Å²) in [5.41, 5.74) is 0.0228. The number of nitro benzene ring substituents is 1. The molecule has 0 spiro atoms. The highest BCUT2D eigenvalue weighted by Gasteiger charge is 2.26. The van der Waals surface area contributed by atoms with Crippen LogP contribution < -0.4 is 10.1 Å². The number of hydrogen-bond donors (Lipinski definition) is 1. The topological polar surface area (TPSA) is 131 Å². The van der Waals surface area contributed by atoms with E-state index in [9.17, 15) is 14.9 Å². The van der Waals surface area contributed by atoms with Gasteiger partial charge in [0.05, 0.1) is 15.5 Å². The molecule has 28 heavy (non-hydrogen) atoms. The third-order valence-corrected chi connectivity index (χ3v) is 4.79. The maximum atomic E-state index is 12.5. The summed E-state index contributed by atoms with van der Waals surface area (Å²) in [6.07, 6.45) is 5.40. The lowest BCUT2D eigenvalue weighted by molar-refractivity contribution is -0.384. The van der Waals surface area contributed by atoms with Crippen molar-refractivity contribution in [2.45, 2.75) is 37.8 Å². The molecule has 144 valence electrons. The van der Waals surface area contributed by atoms with Crippen LogP contribution in [-0.2, 0) is 0 Å². The Morgan fingerprint density at radius 3 is 2.68 bits per heavy atom. The van der Waals surface area contributed by atoms with Crippen molar-refractivity contribution in [2.24, 2.45) is 0 Å². The summed E-state index contributed by atoms with van der Waals surface area (Å²) in [5, 5.41) is 23.0. The van der Waals surface area contributed by atoms with Crippen molar-refractivity contribution in [3.05, 3.63) is 57.0 Å². The fraction of sp³-hybridized carbons (Fsp3) is 0.333. The van der Waals surface area contributed by atoms with Crippen LogP contribution in [0.5, 0.6) is 5.88 Å². The van der Waals surface area contributed by atoms with Gasteiger partial charge in [0.15, 0.2) is 0 Å². The van der Waals surface area contributed by atoms with Gasteiger partial charge in [-0.25, -0.2) is 9.97 Å². The second-order valence-corrected chi connectivity index (χ2v) is 6.72. The lowest BCUT2D eigenvalue weighted by atomic mass is 9.92. The zero-order valence-electron chi connectivity index (χ0n) is 14.7. The van der Waals surface area contributed by atoms with Gasteiger partial charge in [-0.1, -0.05) is 11.6 Å². The molecule has 2 aromatic rings. The van der Waals surface area contributed by atoms with E-state index in [-0.39, 0.29) is 40.0 Å². The molecular weight excluding hydrogens is 386 g/mol. The van der Waals surface area contributed by atoms with Crippen molar-refractivity contribution in [2.75, 3.05) is 0 Å². The van der Waals surface area contributed by atoms with Gasteiger partial charge >= 0.3 is 0 Å². The highest BCUT2D eigenvalue weighted by Crippen LogP contribution is 2.26. The first-order chi connectivity index (χ1) is 13.5. The average Bonchev–Trinajstić information content (AvgIpc) is 2.70. The highest BCUT2D eigenvalue weighted by atomic mass is 35.5. The van der Waals surface area contributed by atoms with Crippen LogP contribution in [0.3, 0.4) is 0 Å². The number of nitro groups is 1. The van der Waals surface area contributed by atoms with Crippen LogP contribution in [0.2, 0.25) is 5.02 Å². The summed E-state index contributed by atoms with van der Waals surface area (Å²) in [7, 11) is 0. The number of benzene rings is 1. The predicted molar refractivity (Wildman–Crippen MR) is 99.0 cm³/mol. The van der Waals surface area contributed by atoms with Crippen LogP contribution in [-0.4, -0.2) is 32.9 Å². The molecule has 1 saturated carbocycles. The highest BCUT2D eigenvalue weighted by molar-refractivity contribution is 6.33. The van der Waals surface area contributed by atoms with E-state index in [4.69, 9.17) is 21.6 Å². The summed E-state index contributed by atoms with van der Waals surface area (Å²) in [5.74, 6) is -0.236. The van der Waals surface area contributed by atoms with Gasteiger partial charge in [0.2, 0.25) is 5.69 Å². The first kappa shape index (κ1) is 19.5. The third kappa shape index (κ3) is 4.53. The van der Waals surface area contributed by atoms with Crippen molar-refractivity contribution >= 4 is 23.2 Å². The summed E-state index contributed by atoms with van der Waals surface area (Å²) in [4.78, 5) is 30.7. The van der Waals surface area contributed by atoms with Crippen LogP contribution >= 0.6 is 11.6 Å². The quantitative estimate of drug-likeness (QED) is 0.601. The molecule has 1 aliphatic rings. The van der Waals surface area contributed by atoms with E-state index in [0.717, 1.165) is 0 Å². The van der Waals surface area contributed by atoms with Gasteiger partial charge in [-0.05, 0) is 31.7 Å². The SMILES string of the molecule is N#Cc1nccnc1OC1CCC(NC(=O)c2cc([N+](=O)[O-])ccc2Cl)CC1. The molecule has 0 atom stereocenters. The molecule has 0 radical (unpaired) electrons. The minimum atomic E-state index is -0.572. The monoisotopic (exact) mass is 401 g/mol. The summed E-state index contributed by atoms with van der Waals surface area (Å²) < 4.78 is 5.77. The molecule has 3 rings (SSSR count). The van der Waals surface area contributed by atoms with Crippen molar-refractivity contribution in [1.82, 2.24) is 15.3 Å². The van der Waals surface area contributed by atoms with Crippen molar-refractivity contribution < 1.29 is 14.5 Å². The molecular formula is C18H16ClN5O4. The van der Waals surface area contributed by atoms with E-state index < -0.39 is 10.8 Å². The Morgan fingerprint density at radius 2 is 2.00 bits per heavy atom. The smallest absolute Gasteiger partial charge is 0.270 e. The molecule has 1 amide bonds. The van der Waals surface area contributed by atoms with Crippen molar-refractivity contribution in [1.29, 1.82) is 5.26 Å². The molecule has 9 nitrogen and oxygen atoms in total. The molecule has 1 aromatic carbocycles. The van der Waals surface area contributed by atoms with Crippen LogP contribution in [0.1, 0.15) is 41.7 Å².